The van der Waals surface area contributed by atoms with E-state index in [0.29, 0.717) is 18.5 Å². The first kappa shape index (κ1) is 11.2. The Morgan fingerprint density at radius 1 is 1.57 bits per heavy atom. The summed E-state index contributed by atoms with van der Waals surface area (Å²) in [4.78, 5) is 0. The lowest BCUT2D eigenvalue weighted by Crippen LogP contribution is -2.28. The summed E-state index contributed by atoms with van der Waals surface area (Å²) in [6, 6.07) is 4.13. The maximum absolute atomic E-state index is 5.45. The molecule has 1 saturated heterocycles. The average Bonchev–Trinajstić information content (AvgIpc) is 2.69. The Morgan fingerprint density at radius 3 is 3.14 bits per heavy atom. The van der Waals surface area contributed by atoms with E-state index in [-0.39, 0.29) is 12.4 Å². The average molecular weight is 216 g/mol. The second-order valence-corrected chi connectivity index (χ2v) is 3.17. The van der Waals surface area contributed by atoms with Gasteiger partial charge in [-0.25, -0.2) is 0 Å². The zero-order valence-electron chi connectivity index (χ0n) is 7.85. The van der Waals surface area contributed by atoms with Gasteiger partial charge in [-0.3, -0.25) is 0 Å². The molecule has 1 fully saturated rings. The van der Waals surface area contributed by atoms with Crippen LogP contribution in [0.4, 0.5) is 0 Å². The normalized spacial score (nSPS) is 20.1. The Kier molecular flexibility index (Phi) is 4.62. The van der Waals surface area contributed by atoms with Crippen LogP contribution in [-0.2, 0) is 0 Å². The summed E-state index contributed by atoms with van der Waals surface area (Å²) in [5.74, 6) is 0.608. The quantitative estimate of drug-likeness (QED) is 0.818. The van der Waals surface area contributed by atoms with Crippen LogP contribution in [-0.4, -0.2) is 29.4 Å². The highest BCUT2D eigenvalue weighted by atomic mass is 35.5. The molecule has 5 heteroatoms. The highest BCUT2D eigenvalue weighted by Crippen LogP contribution is 2.07. The van der Waals surface area contributed by atoms with Gasteiger partial charge in [0.2, 0.25) is 5.88 Å². The van der Waals surface area contributed by atoms with Gasteiger partial charge < -0.3 is 10.1 Å². The van der Waals surface area contributed by atoms with Crippen LogP contribution in [0.25, 0.3) is 0 Å². The predicted molar refractivity (Wildman–Crippen MR) is 55.8 cm³/mol. The Morgan fingerprint density at radius 2 is 2.50 bits per heavy atom. The molecule has 1 aromatic heterocycles. The van der Waals surface area contributed by atoms with Crippen molar-refractivity contribution < 1.29 is 4.74 Å². The predicted octanol–water partition coefficient (Wildman–Crippen LogP) is 1.03. The van der Waals surface area contributed by atoms with Crippen LogP contribution in [0.1, 0.15) is 12.8 Å². The summed E-state index contributed by atoms with van der Waals surface area (Å²) in [6.07, 6.45) is 4.08. The third kappa shape index (κ3) is 3.12. The molecule has 4 nitrogen and oxygen atoms in total. The van der Waals surface area contributed by atoms with Gasteiger partial charge in [-0.15, -0.1) is 17.5 Å². The van der Waals surface area contributed by atoms with Gasteiger partial charge in [-0.05, 0) is 25.5 Å². The Labute approximate surface area is 89.5 Å². The smallest absolute Gasteiger partial charge is 0.233 e. The summed E-state index contributed by atoms with van der Waals surface area (Å²) in [5, 5.41) is 10.9. The van der Waals surface area contributed by atoms with Gasteiger partial charge in [-0.1, -0.05) is 0 Å². The summed E-state index contributed by atoms with van der Waals surface area (Å²) >= 11 is 0. The Balaban J connectivity index is 0.000000980. The monoisotopic (exact) mass is 215 g/mol. The van der Waals surface area contributed by atoms with E-state index in [4.69, 9.17) is 4.74 Å². The number of hydrogen-bond acceptors (Lipinski definition) is 4. The maximum atomic E-state index is 5.45. The first-order valence-corrected chi connectivity index (χ1v) is 4.59. The third-order valence-electron chi connectivity index (χ3n) is 2.14. The number of nitrogens with one attached hydrogen (secondary N) is 1. The third-order valence-corrected chi connectivity index (χ3v) is 2.14. The van der Waals surface area contributed by atoms with Gasteiger partial charge in [0.25, 0.3) is 0 Å². The molecule has 78 valence electrons. The first-order chi connectivity index (χ1) is 6.45. The molecule has 2 heterocycles. The second-order valence-electron chi connectivity index (χ2n) is 3.17. The van der Waals surface area contributed by atoms with Crippen molar-refractivity contribution in [2.45, 2.75) is 18.9 Å². The van der Waals surface area contributed by atoms with Crippen molar-refractivity contribution in [2.24, 2.45) is 0 Å². The fourth-order valence-corrected chi connectivity index (χ4v) is 1.45. The van der Waals surface area contributed by atoms with Crippen molar-refractivity contribution in [3.8, 4) is 5.88 Å². The number of rotatable bonds is 3. The van der Waals surface area contributed by atoms with E-state index in [2.05, 4.69) is 15.5 Å². The van der Waals surface area contributed by atoms with E-state index in [9.17, 15) is 0 Å². The van der Waals surface area contributed by atoms with Gasteiger partial charge >= 0.3 is 0 Å². The number of nitrogens with zero attached hydrogens (tertiary/aromatic N) is 2. The molecule has 14 heavy (non-hydrogen) atoms. The Bertz CT molecular complexity index is 251. The lowest BCUT2D eigenvalue weighted by molar-refractivity contribution is 0.265. The molecule has 1 N–H and O–H groups in total. The summed E-state index contributed by atoms with van der Waals surface area (Å²) in [7, 11) is 0. The van der Waals surface area contributed by atoms with Gasteiger partial charge in [0, 0.05) is 18.3 Å². The fraction of sp³-hybridized carbons (Fsp3) is 0.556. The zero-order chi connectivity index (χ0) is 8.93. The van der Waals surface area contributed by atoms with Crippen molar-refractivity contribution in [2.75, 3.05) is 13.2 Å². The fourth-order valence-electron chi connectivity index (χ4n) is 1.45. The number of aromatic nitrogens is 2. The highest BCUT2D eigenvalue weighted by molar-refractivity contribution is 5.85. The van der Waals surface area contributed by atoms with Crippen LogP contribution in [0, 0.1) is 0 Å². The number of hydrogen-bond donors (Lipinski definition) is 1. The van der Waals surface area contributed by atoms with Crippen molar-refractivity contribution >= 4 is 12.4 Å². The van der Waals surface area contributed by atoms with E-state index in [1.165, 1.54) is 12.8 Å². The van der Waals surface area contributed by atoms with Crippen molar-refractivity contribution in [3.63, 3.8) is 0 Å². The van der Waals surface area contributed by atoms with Crippen LogP contribution in [0.3, 0.4) is 0 Å². The minimum absolute atomic E-state index is 0. The molecule has 0 aliphatic carbocycles. The first-order valence-electron chi connectivity index (χ1n) is 4.59. The van der Waals surface area contributed by atoms with Crippen LogP contribution in [0.5, 0.6) is 5.88 Å². The second kappa shape index (κ2) is 5.78. The molecule has 0 aromatic carbocycles. The van der Waals surface area contributed by atoms with E-state index >= 15 is 0 Å². The minimum Gasteiger partial charge on any atom is -0.475 e. The molecule has 0 saturated carbocycles. The van der Waals surface area contributed by atoms with Crippen LogP contribution >= 0.6 is 12.4 Å². The van der Waals surface area contributed by atoms with Crippen molar-refractivity contribution in [1.82, 2.24) is 15.5 Å². The molecular formula is C9H14ClN3O. The molecule has 1 aliphatic rings. The molecular weight excluding hydrogens is 202 g/mol. The van der Waals surface area contributed by atoms with E-state index < -0.39 is 0 Å². The van der Waals surface area contributed by atoms with Gasteiger partial charge in [-0.2, -0.15) is 5.10 Å². The standard InChI is InChI=1S/C9H13N3O.ClH/c1-3-8(10-5-1)7-13-9-4-2-6-11-12-9;/h2,4,6,8,10H,1,3,5,7H2;1H/t8-;/m1./s1. The van der Waals surface area contributed by atoms with Gasteiger partial charge in [0.15, 0.2) is 0 Å². The molecule has 2 rings (SSSR count). The van der Waals surface area contributed by atoms with E-state index in [0.717, 1.165) is 6.54 Å². The SMILES string of the molecule is Cl.c1cnnc(OC[C@H]2CCCN2)c1. The van der Waals surface area contributed by atoms with Crippen molar-refractivity contribution in [3.05, 3.63) is 18.3 Å². The van der Waals surface area contributed by atoms with Crippen LogP contribution in [0.15, 0.2) is 18.3 Å². The van der Waals surface area contributed by atoms with Crippen molar-refractivity contribution in [1.29, 1.82) is 0 Å². The molecule has 1 atom stereocenters. The minimum atomic E-state index is 0. The number of ether oxygens (including phenoxy) is 1. The molecule has 0 radical (unpaired) electrons. The van der Waals surface area contributed by atoms with E-state index in [1.54, 1.807) is 6.20 Å². The van der Waals surface area contributed by atoms with Gasteiger partial charge in [0.1, 0.15) is 6.61 Å². The largest absolute Gasteiger partial charge is 0.475 e. The maximum Gasteiger partial charge on any atom is 0.233 e. The lowest BCUT2D eigenvalue weighted by Gasteiger charge is -2.10. The van der Waals surface area contributed by atoms with Crippen LogP contribution < -0.4 is 10.1 Å². The highest BCUT2D eigenvalue weighted by Gasteiger charge is 2.14. The Hall–Kier alpha value is -0.870. The molecule has 1 aliphatic heterocycles. The molecule has 0 spiro atoms. The summed E-state index contributed by atoms with van der Waals surface area (Å²) in [6.45, 7) is 1.80. The lowest BCUT2D eigenvalue weighted by atomic mass is 10.2. The van der Waals surface area contributed by atoms with E-state index in [1.807, 2.05) is 12.1 Å². The molecule has 0 amide bonds. The molecule has 0 unspecified atom stereocenters. The van der Waals surface area contributed by atoms with Crippen LogP contribution in [0.2, 0.25) is 0 Å². The zero-order valence-corrected chi connectivity index (χ0v) is 8.67. The topological polar surface area (TPSA) is 47.0 Å². The molecule has 0 bridgehead atoms. The summed E-state index contributed by atoms with van der Waals surface area (Å²) in [5.41, 5.74) is 0. The summed E-state index contributed by atoms with van der Waals surface area (Å²) < 4.78 is 5.45. The molecule has 1 aromatic rings. The number of halogens is 1. The van der Waals surface area contributed by atoms with Gasteiger partial charge in [0.05, 0.1) is 0 Å².